The Labute approximate surface area is 116 Å². The van der Waals surface area contributed by atoms with Crippen LogP contribution in [0.2, 0.25) is 0 Å². The first kappa shape index (κ1) is 14.7. The minimum atomic E-state index is -0.402. The van der Waals surface area contributed by atoms with Gasteiger partial charge in [-0.1, -0.05) is 28.1 Å². The first-order valence-electron chi connectivity index (χ1n) is 5.78. The van der Waals surface area contributed by atoms with Gasteiger partial charge in [-0.05, 0) is 38.5 Å². The summed E-state index contributed by atoms with van der Waals surface area (Å²) in [4.78, 5) is 11.8. The molecular formula is C14H17BrN2O. The van der Waals surface area contributed by atoms with Crippen LogP contribution in [0.4, 0.5) is 0 Å². The quantitative estimate of drug-likeness (QED) is 0.931. The summed E-state index contributed by atoms with van der Waals surface area (Å²) < 4.78 is 0.960. The second kappa shape index (κ2) is 6.01. The summed E-state index contributed by atoms with van der Waals surface area (Å²) in [6.45, 7) is 5.77. The van der Waals surface area contributed by atoms with Gasteiger partial charge in [-0.25, -0.2) is 0 Å². The van der Waals surface area contributed by atoms with E-state index in [0.29, 0.717) is 0 Å². The molecule has 0 aliphatic heterocycles. The van der Waals surface area contributed by atoms with E-state index in [4.69, 9.17) is 5.26 Å². The van der Waals surface area contributed by atoms with Crippen LogP contribution in [0.1, 0.15) is 38.7 Å². The van der Waals surface area contributed by atoms with E-state index >= 15 is 0 Å². The Bertz CT molecular complexity index is 454. The number of nitrogens with one attached hydrogen (secondary N) is 1. The van der Waals surface area contributed by atoms with E-state index in [-0.39, 0.29) is 17.9 Å². The van der Waals surface area contributed by atoms with Crippen LogP contribution in [0, 0.1) is 11.3 Å². The zero-order chi connectivity index (χ0) is 13.8. The van der Waals surface area contributed by atoms with Crippen molar-refractivity contribution >= 4 is 21.8 Å². The zero-order valence-electron chi connectivity index (χ0n) is 10.8. The monoisotopic (exact) mass is 308 g/mol. The Hall–Kier alpha value is -1.34. The zero-order valence-corrected chi connectivity index (χ0v) is 12.4. The van der Waals surface area contributed by atoms with Gasteiger partial charge in [-0.3, -0.25) is 4.79 Å². The van der Waals surface area contributed by atoms with Crippen molar-refractivity contribution in [1.82, 2.24) is 5.32 Å². The van der Waals surface area contributed by atoms with Crippen LogP contribution in [0.3, 0.4) is 0 Å². The topological polar surface area (TPSA) is 52.9 Å². The second-order valence-electron chi connectivity index (χ2n) is 5.24. The molecular weight excluding hydrogens is 292 g/mol. The lowest BCUT2D eigenvalue weighted by atomic mass is 9.96. The van der Waals surface area contributed by atoms with Crippen molar-refractivity contribution < 1.29 is 4.79 Å². The van der Waals surface area contributed by atoms with E-state index < -0.39 is 5.92 Å². The number of nitrogens with zero attached hydrogens (tertiary/aromatic N) is 1. The highest BCUT2D eigenvalue weighted by molar-refractivity contribution is 9.10. The van der Waals surface area contributed by atoms with Crippen molar-refractivity contribution in [2.75, 3.05) is 0 Å². The van der Waals surface area contributed by atoms with Crippen molar-refractivity contribution in [2.24, 2.45) is 0 Å². The third-order valence-corrected chi connectivity index (χ3v) is 2.86. The summed E-state index contributed by atoms with van der Waals surface area (Å²) in [7, 11) is 0. The first-order chi connectivity index (χ1) is 8.31. The lowest BCUT2D eigenvalue weighted by molar-refractivity contribution is -0.122. The van der Waals surface area contributed by atoms with Crippen molar-refractivity contribution in [2.45, 2.75) is 38.6 Å². The highest BCUT2D eigenvalue weighted by Crippen LogP contribution is 2.21. The normalized spacial score (nSPS) is 12.6. The molecule has 18 heavy (non-hydrogen) atoms. The molecule has 0 spiro atoms. The van der Waals surface area contributed by atoms with Gasteiger partial charge in [0.2, 0.25) is 5.91 Å². The molecule has 1 N–H and O–H groups in total. The molecule has 3 nitrogen and oxygen atoms in total. The van der Waals surface area contributed by atoms with E-state index in [9.17, 15) is 4.79 Å². The lowest BCUT2D eigenvalue weighted by Gasteiger charge is -2.21. The van der Waals surface area contributed by atoms with Gasteiger partial charge in [-0.2, -0.15) is 5.26 Å². The Morgan fingerprint density at radius 1 is 1.39 bits per heavy atom. The minimum Gasteiger partial charge on any atom is -0.351 e. The fraction of sp³-hybridized carbons (Fsp3) is 0.429. The Morgan fingerprint density at radius 2 is 1.94 bits per heavy atom. The SMILES string of the molecule is CC(C)(C)NC(=O)CC(C#N)c1ccc(Br)cc1. The fourth-order valence-electron chi connectivity index (χ4n) is 1.59. The lowest BCUT2D eigenvalue weighted by Crippen LogP contribution is -2.41. The van der Waals surface area contributed by atoms with E-state index in [0.717, 1.165) is 10.0 Å². The molecule has 1 rings (SSSR count). The molecule has 0 aliphatic carbocycles. The largest absolute Gasteiger partial charge is 0.351 e. The number of carbonyl (C=O) groups is 1. The Balaban J connectivity index is 2.72. The third kappa shape index (κ3) is 4.89. The van der Waals surface area contributed by atoms with Crippen LogP contribution < -0.4 is 5.32 Å². The minimum absolute atomic E-state index is 0.100. The molecule has 1 aromatic carbocycles. The van der Waals surface area contributed by atoms with Crippen molar-refractivity contribution in [3.8, 4) is 6.07 Å². The molecule has 1 amide bonds. The van der Waals surface area contributed by atoms with Crippen LogP contribution in [-0.2, 0) is 4.79 Å². The van der Waals surface area contributed by atoms with Gasteiger partial charge in [0.15, 0.2) is 0 Å². The summed E-state index contributed by atoms with van der Waals surface area (Å²) in [6.07, 6.45) is 0.190. The molecule has 0 saturated carbocycles. The molecule has 96 valence electrons. The predicted molar refractivity (Wildman–Crippen MR) is 75.0 cm³/mol. The van der Waals surface area contributed by atoms with E-state index in [2.05, 4.69) is 27.3 Å². The van der Waals surface area contributed by atoms with Crippen LogP contribution in [0.25, 0.3) is 0 Å². The molecule has 0 fully saturated rings. The standard InChI is InChI=1S/C14H17BrN2O/c1-14(2,3)17-13(18)8-11(9-16)10-4-6-12(15)7-5-10/h4-7,11H,8H2,1-3H3,(H,17,18). The van der Waals surface area contributed by atoms with Gasteiger partial charge >= 0.3 is 0 Å². The van der Waals surface area contributed by atoms with Gasteiger partial charge in [0.25, 0.3) is 0 Å². The maximum Gasteiger partial charge on any atom is 0.222 e. The van der Waals surface area contributed by atoms with Crippen molar-refractivity contribution in [3.05, 3.63) is 34.3 Å². The van der Waals surface area contributed by atoms with Crippen LogP contribution in [0.5, 0.6) is 0 Å². The van der Waals surface area contributed by atoms with Gasteiger partial charge in [-0.15, -0.1) is 0 Å². The fourth-order valence-corrected chi connectivity index (χ4v) is 1.85. The van der Waals surface area contributed by atoms with Crippen molar-refractivity contribution in [1.29, 1.82) is 5.26 Å². The molecule has 0 saturated heterocycles. The summed E-state index contributed by atoms with van der Waals surface area (Å²) in [6, 6.07) is 9.66. The van der Waals surface area contributed by atoms with Gasteiger partial charge in [0.05, 0.1) is 12.0 Å². The number of nitriles is 1. The van der Waals surface area contributed by atoms with E-state index in [1.54, 1.807) is 0 Å². The molecule has 0 bridgehead atoms. The van der Waals surface area contributed by atoms with Gasteiger partial charge < -0.3 is 5.32 Å². The number of hydrogen-bond donors (Lipinski definition) is 1. The molecule has 1 unspecified atom stereocenters. The van der Waals surface area contributed by atoms with Gasteiger partial charge in [0, 0.05) is 16.4 Å². The molecule has 0 heterocycles. The van der Waals surface area contributed by atoms with E-state index in [1.165, 1.54) is 0 Å². The maximum absolute atomic E-state index is 11.8. The highest BCUT2D eigenvalue weighted by atomic mass is 79.9. The van der Waals surface area contributed by atoms with Crippen LogP contribution in [0.15, 0.2) is 28.7 Å². The first-order valence-corrected chi connectivity index (χ1v) is 6.57. The van der Waals surface area contributed by atoms with E-state index in [1.807, 2.05) is 45.0 Å². The molecule has 1 atom stereocenters. The third-order valence-electron chi connectivity index (χ3n) is 2.33. The number of benzene rings is 1. The van der Waals surface area contributed by atoms with Crippen LogP contribution >= 0.6 is 15.9 Å². The highest BCUT2D eigenvalue weighted by Gasteiger charge is 2.19. The number of halogens is 1. The number of hydrogen-bond acceptors (Lipinski definition) is 2. The number of carbonyl (C=O) groups excluding carboxylic acids is 1. The summed E-state index contributed by atoms with van der Waals surface area (Å²) in [5.41, 5.74) is 0.598. The smallest absolute Gasteiger partial charge is 0.222 e. The second-order valence-corrected chi connectivity index (χ2v) is 6.15. The molecule has 1 aromatic rings. The summed E-state index contributed by atoms with van der Waals surface area (Å²) in [5.74, 6) is -0.502. The van der Waals surface area contributed by atoms with Gasteiger partial charge in [0.1, 0.15) is 0 Å². The molecule has 0 radical (unpaired) electrons. The summed E-state index contributed by atoms with van der Waals surface area (Å²) in [5, 5.41) is 12.0. The van der Waals surface area contributed by atoms with Crippen LogP contribution in [-0.4, -0.2) is 11.4 Å². The Morgan fingerprint density at radius 3 is 2.39 bits per heavy atom. The van der Waals surface area contributed by atoms with Crippen molar-refractivity contribution in [3.63, 3.8) is 0 Å². The average Bonchev–Trinajstić information content (AvgIpc) is 2.25. The Kier molecular flexibility index (Phi) is 4.92. The predicted octanol–water partition coefficient (Wildman–Crippen LogP) is 3.36. The molecule has 0 aromatic heterocycles. The number of amides is 1. The maximum atomic E-state index is 11.8. The summed E-state index contributed by atoms with van der Waals surface area (Å²) >= 11 is 3.34. The molecule has 4 heteroatoms. The average molecular weight is 309 g/mol. The molecule has 0 aliphatic rings. The number of rotatable bonds is 3.